The molecule has 2 aromatic rings. The van der Waals surface area contributed by atoms with Crippen molar-refractivity contribution in [2.24, 2.45) is 4.99 Å². The van der Waals surface area contributed by atoms with E-state index in [1.807, 2.05) is 19.5 Å². The van der Waals surface area contributed by atoms with E-state index in [2.05, 4.69) is 47.8 Å². The van der Waals surface area contributed by atoms with Gasteiger partial charge in [-0.2, -0.15) is 0 Å². The van der Waals surface area contributed by atoms with Gasteiger partial charge in [0.15, 0.2) is 0 Å². The molecule has 0 atom stereocenters. The van der Waals surface area contributed by atoms with Crippen LogP contribution < -0.4 is 0 Å². The van der Waals surface area contributed by atoms with Gasteiger partial charge in [0, 0.05) is 30.2 Å². The van der Waals surface area contributed by atoms with Gasteiger partial charge in [-0.25, -0.2) is 4.99 Å². The smallest absolute Gasteiger partial charge is 0.0909 e. The monoisotopic (exact) mass is 229 g/mol. The molecule has 0 bridgehead atoms. The fourth-order valence-corrected chi connectivity index (χ4v) is 1.78. The van der Waals surface area contributed by atoms with E-state index in [0.717, 1.165) is 12.2 Å². The van der Waals surface area contributed by atoms with Crippen LogP contribution in [0.3, 0.4) is 0 Å². The number of fused-ring (bicyclic) bond motifs is 1. The lowest BCUT2D eigenvalue weighted by Crippen LogP contribution is -2.14. The highest BCUT2D eigenvalue weighted by Crippen LogP contribution is 2.25. The normalized spacial score (nSPS) is 11.5. The number of aromatic amines is 1. The zero-order valence-corrected chi connectivity index (χ0v) is 10.9. The van der Waals surface area contributed by atoms with Crippen LogP contribution in [0.25, 0.3) is 10.9 Å². The molecular formula is C14H19N3. The van der Waals surface area contributed by atoms with E-state index in [1.54, 1.807) is 0 Å². The molecule has 17 heavy (non-hydrogen) atoms. The van der Waals surface area contributed by atoms with Gasteiger partial charge in [-0.15, -0.1) is 0 Å². The van der Waals surface area contributed by atoms with Crippen molar-refractivity contribution in [1.82, 2.24) is 9.88 Å². The van der Waals surface area contributed by atoms with Crippen molar-refractivity contribution >= 4 is 22.9 Å². The molecule has 1 aromatic heterocycles. The standard InChI is InChI=1S/C14H19N3/c1-5-17(4)9-15-12-6-7-14-13(8-12)10(2)11(3)16-14/h6-9,16H,5H2,1-4H3. The van der Waals surface area contributed by atoms with Gasteiger partial charge in [0.05, 0.1) is 12.0 Å². The number of rotatable bonds is 3. The third kappa shape index (κ3) is 2.33. The average molecular weight is 229 g/mol. The molecule has 2 rings (SSSR count). The van der Waals surface area contributed by atoms with Crippen molar-refractivity contribution in [3.8, 4) is 0 Å². The lowest BCUT2D eigenvalue weighted by atomic mass is 10.1. The molecule has 0 spiro atoms. The average Bonchev–Trinajstić information content (AvgIpc) is 2.62. The van der Waals surface area contributed by atoms with Crippen molar-refractivity contribution in [3.05, 3.63) is 29.5 Å². The molecule has 1 aromatic carbocycles. The zero-order valence-electron chi connectivity index (χ0n) is 10.9. The molecular weight excluding hydrogens is 210 g/mol. The Balaban J connectivity index is 2.37. The number of H-pyrrole nitrogens is 1. The summed E-state index contributed by atoms with van der Waals surface area (Å²) < 4.78 is 0. The van der Waals surface area contributed by atoms with Crippen LogP contribution in [0.1, 0.15) is 18.2 Å². The fourth-order valence-electron chi connectivity index (χ4n) is 1.78. The molecule has 0 aliphatic rings. The molecule has 1 N–H and O–H groups in total. The fraction of sp³-hybridized carbons (Fsp3) is 0.357. The molecule has 0 aliphatic heterocycles. The summed E-state index contributed by atoms with van der Waals surface area (Å²) in [6.45, 7) is 7.31. The van der Waals surface area contributed by atoms with Gasteiger partial charge in [0.1, 0.15) is 0 Å². The van der Waals surface area contributed by atoms with E-state index < -0.39 is 0 Å². The molecule has 0 saturated heterocycles. The summed E-state index contributed by atoms with van der Waals surface area (Å²) >= 11 is 0. The zero-order chi connectivity index (χ0) is 12.4. The molecule has 0 fully saturated rings. The van der Waals surface area contributed by atoms with Crippen molar-refractivity contribution in [3.63, 3.8) is 0 Å². The van der Waals surface area contributed by atoms with Crippen molar-refractivity contribution in [2.45, 2.75) is 20.8 Å². The Kier molecular flexibility index (Phi) is 3.18. The number of benzene rings is 1. The quantitative estimate of drug-likeness (QED) is 0.635. The Labute approximate surface area is 102 Å². The van der Waals surface area contributed by atoms with E-state index >= 15 is 0 Å². The Morgan fingerprint density at radius 1 is 1.35 bits per heavy atom. The second-order valence-corrected chi connectivity index (χ2v) is 4.42. The number of nitrogens with zero attached hydrogens (tertiary/aromatic N) is 2. The van der Waals surface area contributed by atoms with Gasteiger partial charge in [-0.05, 0) is 44.5 Å². The topological polar surface area (TPSA) is 31.4 Å². The van der Waals surface area contributed by atoms with Gasteiger partial charge in [0.25, 0.3) is 0 Å². The highest BCUT2D eigenvalue weighted by molar-refractivity contribution is 5.87. The van der Waals surface area contributed by atoms with Crippen LogP contribution >= 0.6 is 0 Å². The lowest BCUT2D eigenvalue weighted by Gasteiger charge is -2.07. The van der Waals surface area contributed by atoms with Crippen LogP contribution in [-0.4, -0.2) is 29.8 Å². The second kappa shape index (κ2) is 4.62. The summed E-state index contributed by atoms with van der Waals surface area (Å²) in [5.41, 5.74) is 4.72. The first-order valence-electron chi connectivity index (χ1n) is 5.95. The number of aromatic nitrogens is 1. The number of aryl methyl sites for hydroxylation is 2. The molecule has 0 aliphatic carbocycles. The van der Waals surface area contributed by atoms with Crippen LogP contribution in [0.15, 0.2) is 23.2 Å². The van der Waals surface area contributed by atoms with E-state index in [1.165, 1.54) is 22.2 Å². The largest absolute Gasteiger partial charge is 0.366 e. The van der Waals surface area contributed by atoms with E-state index in [4.69, 9.17) is 0 Å². The second-order valence-electron chi connectivity index (χ2n) is 4.42. The number of hydrogen-bond donors (Lipinski definition) is 1. The molecule has 0 saturated carbocycles. The van der Waals surface area contributed by atoms with Crippen molar-refractivity contribution < 1.29 is 0 Å². The molecule has 1 heterocycles. The molecule has 3 nitrogen and oxygen atoms in total. The predicted molar refractivity (Wildman–Crippen MR) is 74.2 cm³/mol. The van der Waals surface area contributed by atoms with Crippen LogP contribution in [0, 0.1) is 13.8 Å². The van der Waals surface area contributed by atoms with Crippen LogP contribution in [0.4, 0.5) is 5.69 Å². The SMILES string of the molecule is CCN(C)C=Nc1ccc2[nH]c(C)c(C)c2c1. The Bertz CT molecular complexity index is 552. The van der Waals surface area contributed by atoms with Gasteiger partial charge in [0.2, 0.25) is 0 Å². The molecule has 0 unspecified atom stereocenters. The summed E-state index contributed by atoms with van der Waals surface area (Å²) in [5, 5.41) is 1.26. The lowest BCUT2D eigenvalue weighted by molar-refractivity contribution is 0.552. The van der Waals surface area contributed by atoms with Crippen molar-refractivity contribution in [1.29, 1.82) is 0 Å². The van der Waals surface area contributed by atoms with E-state index in [0.29, 0.717) is 0 Å². The molecule has 3 heteroatoms. The van der Waals surface area contributed by atoms with Crippen LogP contribution in [0.5, 0.6) is 0 Å². The first kappa shape index (κ1) is 11.7. The molecule has 90 valence electrons. The van der Waals surface area contributed by atoms with E-state index in [-0.39, 0.29) is 0 Å². The summed E-state index contributed by atoms with van der Waals surface area (Å²) in [6, 6.07) is 6.26. The van der Waals surface area contributed by atoms with E-state index in [9.17, 15) is 0 Å². The first-order chi connectivity index (χ1) is 8.11. The maximum absolute atomic E-state index is 4.46. The van der Waals surface area contributed by atoms with Crippen LogP contribution in [-0.2, 0) is 0 Å². The molecule has 0 radical (unpaired) electrons. The van der Waals surface area contributed by atoms with Gasteiger partial charge >= 0.3 is 0 Å². The van der Waals surface area contributed by atoms with Gasteiger partial charge in [-0.1, -0.05) is 0 Å². The third-order valence-electron chi connectivity index (χ3n) is 3.19. The Hall–Kier alpha value is -1.77. The Morgan fingerprint density at radius 3 is 2.82 bits per heavy atom. The van der Waals surface area contributed by atoms with Crippen molar-refractivity contribution in [2.75, 3.05) is 13.6 Å². The Morgan fingerprint density at radius 2 is 2.12 bits per heavy atom. The van der Waals surface area contributed by atoms with Gasteiger partial charge < -0.3 is 9.88 Å². The summed E-state index contributed by atoms with van der Waals surface area (Å²) in [7, 11) is 2.02. The maximum atomic E-state index is 4.46. The minimum atomic E-state index is 0.966. The van der Waals surface area contributed by atoms with Crippen LogP contribution in [0.2, 0.25) is 0 Å². The van der Waals surface area contributed by atoms with Gasteiger partial charge in [-0.3, -0.25) is 0 Å². The summed E-state index contributed by atoms with van der Waals surface area (Å²) in [4.78, 5) is 9.89. The number of hydrogen-bond acceptors (Lipinski definition) is 1. The predicted octanol–water partition coefficient (Wildman–Crippen LogP) is 3.40. The maximum Gasteiger partial charge on any atom is 0.0909 e. The minimum absolute atomic E-state index is 0.966. The number of nitrogens with one attached hydrogen (secondary N) is 1. The highest BCUT2D eigenvalue weighted by atomic mass is 15.1. The molecule has 0 amide bonds. The highest BCUT2D eigenvalue weighted by Gasteiger charge is 2.04. The summed E-state index contributed by atoms with van der Waals surface area (Å²) in [5.74, 6) is 0. The summed E-state index contributed by atoms with van der Waals surface area (Å²) in [6.07, 6.45) is 1.87. The third-order valence-corrected chi connectivity index (χ3v) is 3.19. The first-order valence-corrected chi connectivity index (χ1v) is 5.95. The number of aliphatic imine (C=N–C) groups is 1. The minimum Gasteiger partial charge on any atom is -0.366 e.